The molecule has 0 atom stereocenters. The number of ether oxygens (including phenoxy) is 1. The normalized spacial score (nSPS) is 10.8. The number of carbonyl (C=O) groups is 1. The van der Waals surface area contributed by atoms with Crippen molar-refractivity contribution in [3.63, 3.8) is 0 Å². The predicted octanol–water partition coefficient (Wildman–Crippen LogP) is 5.27. The fourth-order valence-corrected chi connectivity index (χ4v) is 3.82. The Balaban J connectivity index is 1.47. The average molecular weight is 420 g/mol. The lowest BCUT2D eigenvalue weighted by molar-refractivity contribution is -0.115. The van der Waals surface area contributed by atoms with Crippen LogP contribution in [0.2, 0.25) is 0 Å². The van der Waals surface area contributed by atoms with Crippen LogP contribution in [-0.2, 0) is 11.2 Å². The first kappa shape index (κ1) is 19.8. The fourth-order valence-electron chi connectivity index (χ4n) is 3.09. The largest absolute Gasteiger partial charge is 0.496 e. The van der Waals surface area contributed by atoms with Crippen LogP contribution < -0.4 is 10.1 Å². The van der Waals surface area contributed by atoms with Gasteiger partial charge in [-0.3, -0.25) is 4.79 Å². The molecule has 4 aromatic rings. The van der Waals surface area contributed by atoms with Gasteiger partial charge in [-0.1, -0.05) is 29.8 Å². The van der Waals surface area contributed by atoms with Gasteiger partial charge in [0.2, 0.25) is 11.8 Å². The van der Waals surface area contributed by atoms with E-state index >= 15 is 0 Å². The van der Waals surface area contributed by atoms with Crippen molar-refractivity contribution in [1.29, 1.82) is 0 Å². The van der Waals surface area contributed by atoms with E-state index in [1.54, 1.807) is 7.11 Å². The highest BCUT2D eigenvalue weighted by molar-refractivity contribution is 7.14. The van der Waals surface area contributed by atoms with Crippen molar-refractivity contribution in [2.24, 2.45) is 0 Å². The summed E-state index contributed by atoms with van der Waals surface area (Å²) in [5.41, 5.74) is 4.27. The molecular weight excluding hydrogens is 398 g/mol. The van der Waals surface area contributed by atoms with Gasteiger partial charge >= 0.3 is 0 Å². The topological polar surface area (TPSA) is 77.2 Å². The number of rotatable bonds is 6. The molecule has 0 aliphatic rings. The number of aryl methyl sites for hydroxylation is 2. The molecule has 0 radical (unpaired) electrons. The number of nitrogens with zero attached hydrogens (tertiary/aromatic N) is 2. The Labute approximate surface area is 178 Å². The second kappa shape index (κ2) is 8.51. The van der Waals surface area contributed by atoms with E-state index in [0.29, 0.717) is 22.5 Å². The van der Waals surface area contributed by atoms with Crippen LogP contribution in [0.15, 0.2) is 58.3 Å². The molecule has 30 heavy (non-hydrogen) atoms. The minimum atomic E-state index is -0.192. The summed E-state index contributed by atoms with van der Waals surface area (Å²) in [5.74, 6) is 1.70. The molecular formula is C23H21N3O3S. The number of hydrogen-bond acceptors (Lipinski definition) is 6. The zero-order valence-electron chi connectivity index (χ0n) is 16.9. The van der Waals surface area contributed by atoms with Crippen LogP contribution >= 0.6 is 11.3 Å². The summed E-state index contributed by atoms with van der Waals surface area (Å²) in [4.78, 5) is 21.6. The van der Waals surface area contributed by atoms with Gasteiger partial charge in [-0.05, 0) is 38.1 Å². The number of amides is 1. The van der Waals surface area contributed by atoms with Gasteiger partial charge in [-0.15, -0.1) is 11.3 Å². The highest BCUT2D eigenvalue weighted by Gasteiger charge is 2.16. The van der Waals surface area contributed by atoms with Crippen molar-refractivity contribution >= 4 is 22.4 Å². The van der Waals surface area contributed by atoms with E-state index in [-0.39, 0.29) is 12.3 Å². The first-order valence-corrected chi connectivity index (χ1v) is 10.3. The summed E-state index contributed by atoms with van der Waals surface area (Å²) in [6.07, 6.45) is 0.116. The maximum absolute atomic E-state index is 12.6. The molecule has 1 N–H and O–H groups in total. The van der Waals surface area contributed by atoms with Crippen molar-refractivity contribution in [3.8, 4) is 28.5 Å². The number of nitrogens with one attached hydrogen (secondary N) is 1. The Morgan fingerprint density at radius 1 is 1.13 bits per heavy atom. The summed E-state index contributed by atoms with van der Waals surface area (Å²) < 4.78 is 11.2. The van der Waals surface area contributed by atoms with E-state index in [0.717, 1.165) is 28.1 Å². The minimum absolute atomic E-state index is 0.116. The van der Waals surface area contributed by atoms with Crippen molar-refractivity contribution < 1.29 is 13.9 Å². The van der Waals surface area contributed by atoms with Crippen LogP contribution in [0.5, 0.6) is 5.75 Å². The van der Waals surface area contributed by atoms with Gasteiger partial charge in [0.1, 0.15) is 11.5 Å². The molecule has 0 spiro atoms. The molecule has 152 valence electrons. The van der Waals surface area contributed by atoms with E-state index in [1.807, 2.05) is 67.8 Å². The van der Waals surface area contributed by atoms with E-state index in [4.69, 9.17) is 9.15 Å². The lowest BCUT2D eigenvalue weighted by Gasteiger charge is -2.07. The Bertz CT molecular complexity index is 1180. The highest BCUT2D eigenvalue weighted by Crippen LogP contribution is 2.33. The third kappa shape index (κ3) is 4.26. The summed E-state index contributed by atoms with van der Waals surface area (Å²) in [6, 6.07) is 15.5. The molecule has 0 aliphatic carbocycles. The number of benzene rings is 2. The van der Waals surface area contributed by atoms with Crippen LogP contribution in [0.1, 0.15) is 17.0 Å². The summed E-state index contributed by atoms with van der Waals surface area (Å²) in [7, 11) is 1.63. The van der Waals surface area contributed by atoms with Gasteiger partial charge in [0.05, 0.1) is 24.9 Å². The highest BCUT2D eigenvalue weighted by atomic mass is 32.1. The predicted molar refractivity (Wildman–Crippen MR) is 118 cm³/mol. The Kier molecular flexibility index (Phi) is 5.63. The first-order valence-electron chi connectivity index (χ1n) is 9.45. The Morgan fingerprint density at radius 3 is 2.70 bits per heavy atom. The molecule has 2 aromatic heterocycles. The molecule has 1 amide bonds. The summed E-state index contributed by atoms with van der Waals surface area (Å²) in [6.45, 7) is 3.83. The van der Waals surface area contributed by atoms with Crippen molar-refractivity contribution in [2.45, 2.75) is 20.3 Å². The number of anilines is 1. The second-order valence-electron chi connectivity index (χ2n) is 6.85. The van der Waals surface area contributed by atoms with Crippen LogP contribution in [-0.4, -0.2) is 23.0 Å². The maximum atomic E-state index is 12.6. The molecule has 0 saturated heterocycles. The quantitative estimate of drug-likeness (QED) is 0.461. The Morgan fingerprint density at radius 2 is 1.93 bits per heavy atom. The first-order chi connectivity index (χ1) is 14.5. The molecule has 0 saturated carbocycles. The maximum Gasteiger partial charge on any atom is 0.232 e. The molecule has 2 aromatic carbocycles. The number of hydrogen-bond donors (Lipinski definition) is 1. The number of carbonyl (C=O) groups excluding carboxylic acids is 1. The molecule has 0 aliphatic heterocycles. The smallest absolute Gasteiger partial charge is 0.232 e. The van der Waals surface area contributed by atoms with E-state index in [2.05, 4.69) is 15.3 Å². The van der Waals surface area contributed by atoms with Crippen LogP contribution in [0.3, 0.4) is 0 Å². The van der Waals surface area contributed by atoms with Crippen LogP contribution in [0, 0.1) is 13.8 Å². The summed E-state index contributed by atoms with van der Waals surface area (Å²) in [5, 5.41) is 5.29. The lowest BCUT2D eigenvalue weighted by Crippen LogP contribution is -2.15. The number of aromatic nitrogens is 2. The Hall–Kier alpha value is -3.45. The molecule has 2 heterocycles. The molecule has 0 bridgehead atoms. The second-order valence-corrected chi connectivity index (χ2v) is 7.71. The third-order valence-corrected chi connectivity index (χ3v) is 5.38. The number of oxazole rings is 1. The SMILES string of the molecule is COc1ccc(C)cc1-c1csc(NC(=O)Cc2nc(-c3ccccc3)oc2C)n1. The van der Waals surface area contributed by atoms with E-state index in [1.165, 1.54) is 11.3 Å². The van der Waals surface area contributed by atoms with Gasteiger partial charge in [-0.2, -0.15) is 0 Å². The van der Waals surface area contributed by atoms with Gasteiger partial charge in [0.15, 0.2) is 5.13 Å². The van der Waals surface area contributed by atoms with E-state index in [9.17, 15) is 4.79 Å². The zero-order valence-corrected chi connectivity index (χ0v) is 17.7. The third-order valence-electron chi connectivity index (χ3n) is 4.62. The van der Waals surface area contributed by atoms with Crippen LogP contribution in [0.4, 0.5) is 5.13 Å². The van der Waals surface area contributed by atoms with Gasteiger partial charge in [0.25, 0.3) is 0 Å². The van der Waals surface area contributed by atoms with Crippen molar-refractivity contribution in [2.75, 3.05) is 12.4 Å². The van der Waals surface area contributed by atoms with E-state index < -0.39 is 0 Å². The molecule has 6 nitrogen and oxygen atoms in total. The zero-order chi connectivity index (χ0) is 21.1. The molecule has 0 fully saturated rings. The van der Waals surface area contributed by atoms with Crippen molar-refractivity contribution in [1.82, 2.24) is 9.97 Å². The molecule has 7 heteroatoms. The molecule has 4 rings (SSSR count). The van der Waals surface area contributed by atoms with Gasteiger partial charge < -0.3 is 14.5 Å². The number of methoxy groups -OCH3 is 1. The average Bonchev–Trinajstić information content (AvgIpc) is 3.35. The summed E-state index contributed by atoms with van der Waals surface area (Å²) >= 11 is 1.37. The standard InChI is InChI=1S/C23H21N3O3S/c1-14-9-10-20(28-3)17(11-14)19-13-30-23(25-19)26-21(27)12-18-15(2)29-22(24-18)16-7-5-4-6-8-16/h4-11,13H,12H2,1-3H3,(H,25,26,27). The van der Waals surface area contributed by atoms with Gasteiger partial charge in [-0.25, -0.2) is 9.97 Å². The lowest BCUT2D eigenvalue weighted by atomic mass is 10.1. The van der Waals surface area contributed by atoms with Crippen LogP contribution in [0.25, 0.3) is 22.7 Å². The fraction of sp³-hybridized carbons (Fsp3) is 0.174. The van der Waals surface area contributed by atoms with Crippen molar-refractivity contribution in [3.05, 3.63) is 70.9 Å². The monoisotopic (exact) mass is 419 g/mol. The minimum Gasteiger partial charge on any atom is -0.496 e. The molecule has 0 unspecified atom stereocenters. The number of thiazole rings is 1. The van der Waals surface area contributed by atoms with Gasteiger partial charge in [0, 0.05) is 16.5 Å².